The van der Waals surface area contributed by atoms with E-state index in [1.165, 1.54) is 19.3 Å². The van der Waals surface area contributed by atoms with Crippen molar-refractivity contribution in [3.63, 3.8) is 0 Å². The lowest BCUT2D eigenvalue weighted by Gasteiger charge is -2.23. The second-order valence-corrected chi connectivity index (χ2v) is 6.04. The SMILES string of the molecule is CCCCCCCNC(=O)C1C2C=CC(C2)C1C(=O)O. The van der Waals surface area contributed by atoms with E-state index in [1.54, 1.807) is 0 Å². The number of hydrogen-bond acceptors (Lipinski definition) is 2. The van der Waals surface area contributed by atoms with Gasteiger partial charge < -0.3 is 10.4 Å². The Kier molecular flexibility index (Phi) is 5.21. The lowest BCUT2D eigenvalue weighted by molar-refractivity contribution is -0.147. The first-order chi connectivity index (χ1) is 9.65. The summed E-state index contributed by atoms with van der Waals surface area (Å²) in [6.07, 6.45) is 10.6. The maximum Gasteiger partial charge on any atom is 0.307 e. The largest absolute Gasteiger partial charge is 0.481 e. The third kappa shape index (κ3) is 3.22. The topological polar surface area (TPSA) is 66.4 Å². The normalized spacial score (nSPS) is 30.6. The van der Waals surface area contributed by atoms with Crippen molar-refractivity contribution in [1.82, 2.24) is 5.32 Å². The van der Waals surface area contributed by atoms with Gasteiger partial charge in [0, 0.05) is 6.54 Å². The van der Waals surface area contributed by atoms with Crippen molar-refractivity contribution >= 4 is 11.9 Å². The van der Waals surface area contributed by atoms with E-state index in [0.717, 1.165) is 19.3 Å². The van der Waals surface area contributed by atoms with Crippen LogP contribution in [0.5, 0.6) is 0 Å². The lowest BCUT2D eigenvalue weighted by atomic mass is 9.82. The second-order valence-electron chi connectivity index (χ2n) is 6.04. The smallest absolute Gasteiger partial charge is 0.307 e. The van der Waals surface area contributed by atoms with Crippen LogP contribution in [0.25, 0.3) is 0 Å². The van der Waals surface area contributed by atoms with Crippen molar-refractivity contribution in [2.24, 2.45) is 23.7 Å². The number of carbonyl (C=O) groups is 2. The minimum atomic E-state index is -0.829. The number of carboxylic acids is 1. The zero-order valence-electron chi connectivity index (χ0n) is 12.2. The number of hydrogen-bond donors (Lipinski definition) is 2. The van der Waals surface area contributed by atoms with E-state index in [4.69, 9.17) is 0 Å². The summed E-state index contributed by atoms with van der Waals surface area (Å²) >= 11 is 0. The van der Waals surface area contributed by atoms with Crippen LogP contribution in [0.4, 0.5) is 0 Å². The molecule has 0 aromatic carbocycles. The molecule has 2 N–H and O–H groups in total. The van der Waals surface area contributed by atoms with E-state index in [9.17, 15) is 14.7 Å². The fraction of sp³-hybridized carbons (Fsp3) is 0.750. The van der Waals surface area contributed by atoms with E-state index >= 15 is 0 Å². The van der Waals surface area contributed by atoms with Crippen LogP contribution in [0.15, 0.2) is 12.2 Å². The molecular formula is C16H25NO3. The van der Waals surface area contributed by atoms with E-state index in [0.29, 0.717) is 6.54 Å². The highest BCUT2D eigenvalue weighted by Gasteiger charge is 2.51. The molecule has 2 rings (SSSR count). The van der Waals surface area contributed by atoms with E-state index < -0.39 is 11.9 Å². The number of allylic oxidation sites excluding steroid dienone is 2. The molecule has 1 saturated carbocycles. The van der Waals surface area contributed by atoms with Gasteiger partial charge in [0.2, 0.25) is 5.91 Å². The molecule has 4 heteroatoms. The van der Waals surface area contributed by atoms with Gasteiger partial charge in [-0.15, -0.1) is 0 Å². The molecule has 0 aromatic heterocycles. The number of aliphatic carboxylic acids is 1. The summed E-state index contributed by atoms with van der Waals surface area (Å²) < 4.78 is 0. The van der Waals surface area contributed by atoms with Crippen molar-refractivity contribution in [3.8, 4) is 0 Å². The number of unbranched alkanes of at least 4 members (excludes halogenated alkanes) is 4. The molecule has 4 nitrogen and oxygen atoms in total. The monoisotopic (exact) mass is 279 g/mol. The van der Waals surface area contributed by atoms with Gasteiger partial charge in [-0.1, -0.05) is 44.8 Å². The molecule has 4 atom stereocenters. The van der Waals surface area contributed by atoms with E-state index in [-0.39, 0.29) is 23.7 Å². The van der Waals surface area contributed by atoms with Gasteiger partial charge in [-0.25, -0.2) is 0 Å². The average molecular weight is 279 g/mol. The van der Waals surface area contributed by atoms with Crippen molar-refractivity contribution in [2.75, 3.05) is 6.54 Å². The standard InChI is InChI=1S/C16H25NO3/c1-2-3-4-5-6-9-17-15(18)13-11-7-8-12(10-11)14(13)16(19)20/h7-8,11-14H,2-6,9-10H2,1H3,(H,17,18)(H,19,20). The number of amides is 1. The maximum absolute atomic E-state index is 12.2. The fourth-order valence-corrected chi connectivity index (χ4v) is 3.57. The van der Waals surface area contributed by atoms with Crippen LogP contribution in [-0.4, -0.2) is 23.5 Å². The molecule has 0 radical (unpaired) electrons. The van der Waals surface area contributed by atoms with Gasteiger partial charge in [-0.05, 0) is 24.7 Å². The van der Waals surface area contributed by atoms with Crippen LogP contribution in [0.2, 0.25) is 0 Å². The van der Waals surface area contributed by atoms with Gasteiger partial charge >= 0.3 is 5.97 Å². The summed E-state index contributed by atoms with van der Waals surface area (Å²) in [5.41, 5.74) is 0. The van der Waals surface area contributed by atoms with Gasteiger partial charge in [0.1, 0.15) is 0 Å². The molecule has 0 aliphatic heterocycles. The summed E-state index contributed by atoms with van der Waals surface area (Å²) in [5.74, 6) is -1.60. The molecule has 0 aromatic rings. The molecule has 20 heavy (non-hydrogen) atoms. The van der Waals surface area contributed by atoms with Crippen molar-refractivity contribution in [2.45, 2.75) is 45.4 Å². The zero-order valence-corrected chi connectivity index (χ0v) is 12.2. The Morgan fingerprint density at radius 1 is 1.10 bits per heavy atom. The molecule has 0 saturated heterocycles. The third-order valence-corrected chi connectivity index (χ3v) is 4.63. The number of nitrogens with one attached hydrogen (secondary N) is 1. The first-order valence-corrected chi connectivity index (χ1v) is 7.84. The van der Waals surface area contributed by atoms with Crippen LogP contribution >= 0.6 is 0 Å². The van der Waals surface area contributed by atoms with Gasteiger partial charge in [0.15, 0.2) is 0 Å². The number of carboxylic acid groups (broad SMARTS) is 1. The van der Waals surface area contributed by atoms with Crippen LogP contribution in [0.3, 0.4) is 0 Å². The molecule has 1 amide bonds. The van der Waals surface area contributed by atoms with Crippen molar-refractivity contribution < 1.29 is 14.7 Å². The molecule has 0 heterocycles. The second kappa shape index (κ2) is 6.91. The van der Waals surface area contributed by atoms with E-state index in [1.807, 2.05) is 12.2 Å². The van der Waals surface area contributed by atoms with Gasteiger partial charge in [-0.2, -0.15) is 0 Å². The number of carbonyl (C=O) groups excluding carboxylic acids is 1. The molecule has 4 unspecified atom stereocenters. The van der Waals surface area contributed by atoms with E-state index in [2.05, 4.69) is 12.2 Å². The van der Waals surface area contributed by atoms with Gasteiger partial charge in [0.05, 0.1) is 11.8 Å². The minimum absolute atomic E-state index is 0.0535. The van der Waals surface area contributed by atoms with Crippen molar-refractivity contribution in [1.29, 1.82) is 0 Å². The minimum Gasteiger partial charge on any atom is -0.481 e. The first-order valence-electron chi connectivity index (χ1n) is 7.84. The van der Waals surface area contributed by atoms with Crippen LogP contribution in [-0.2, 0) is 9.59 Å². The fourth-order valence-electron chi connectivity index (χ4n) is 3.57. The Morgan fingerprint density at radius 2 is 1.75 bits per heavy atom. The summed E-state index contributed by atoms with van der Waals surface area (Å²) in [6, 6.07) is 0. The van der Waals surface area contributed by atoms with Crippen LogP contribution < -0.4 is 5.32 Å². The molecule has 1 fully saturated rings. The molecular weight excluding hydrogens is 254 g/mol. The van der Waals surface area contributed by atoms with Crippen LogP contribution in [0, 0.1) is 23.7 Å². The third-order valence-electron chi connectivity index (χ3n) is 4.63. The number of fused-ring (bicyclic) bond motifs is 2. The molecule has 112 valence electrons. The molecule has 2 aliphatic carbocycles. The lowest BCUT2D eigenvalue weighted by Crippen LogP contribution is -2.40. The predicted molar refractivity (Wildman–Crippen MR) is 77.1 cm³/mol. The van der Waals surface area contributed by atoms with Crippen LogP contribution in [0.1, 0.15) is 45.4 Å². The maximum atomic E-state index is 12.2. The first kappa shape index (κ1) is 15.1. The molecule has 2 aliphatic rings. The Labute approximate surface area is 120 Å². The zero-order chi connectivity index (χ0) is 14.5. The Bertz CT molecular complexity index is 391. The summed E-state index contributed by atoms with van der Waals surface area (Å²) in [6.45, 7) is 2.85. The summed E-state index contributed by atoms with van der Waals surface area (Å²) in [4.78, 5) is 23.6. The molecule has 0 spiro atoms. The average Bonchev–Trinajstić information content (AvgIpc) is 3.02. The van der Waals surface area contributed by atoms with Gasteiger partial charge in [0.25, 0.3) is 0 Å². The summed E-state index contributed by atoms with van der Waals surface area (Å²) in [5, 5.41) is 12.2. The summed E-state index contributed by atoms with van der Waals surface area (Å²) in [7, 11) is 0. The molecule has 2 bridgehead atoms. The predicted octanol–water partition coefficient (Wildman–Crippen LogP) is 2.60. The van der Waals surface area contributed by atoms with Gasteiger partial charge in [-0.3, -0.25) is 9.59 Å². The highest BCUT2D eigenvalue weighted by Crippen LogP contribution is 2.48. The van der Waals surface area contributed by atoms with Crippen molar-refractivity contribution in [3.05, 3.63) is 12.2 Å². The Hall–Kier alpha value is -1.32. The highest BCUT2D eigenvalue weighted by atomic mass is 16.4. The quantitative estimate of drug-likeness (QED) is 0.530. The Balaban J connectivity index is 1.77. The Morgan fingerprint density at radius 3 is 2.40 bits per heavy atom. The number of rotatable bonds is 8. The highest BCUT2D eigenvalue weighted by molar-refractivity contribution is 5.86.